The topological polar surface area (TPSA) is 44.3 Å². The molecule has 1 saturated heterocycles. The molecule has 0 aromatic carbocycles. The predicted molar refractivity (Wildman–Crippen MR) is 84.5 cm³/mol. The summed E-state index contributed by atoms with van der Waals surface area (Å²) in [7, 11) is 4.06. The second-order valence-corrected chi connectivity index (χ2v) is 5.49. The van der Waals surface area contributed by atoms with E-state index in [0.717, 1.165) is 37.6 Å². The monoisotopic (exact) mass is 277 g/mol. The maximum absolute atomic E-state index is 4.51. The first-order valence-electron chi connectivity index (χ1n) is 7.71. The van der Waals surface area contributed by atoms with Gasteiger partial charge in [0, 0.05) is 32.7 Å². The number of hydrogen-bond donors (Lipinski definition) is 1. The molecule has 0 aliphatic carbocycles. The van der Waals surface area contributed by atoms with E-state index in [1.165, 1.54) is 31.5 Å². The number of rotatable bonds is 7. The molecule has 0 bridgehead atoms. The van der Waals surface area contributed by atoms with Crippen LogP contribution in [0.2, 0.25) is 0 Å². The van der Waals surface area contributed by atoms with Crippen LogP contribution in [0.4, 0.5) is 11.6 Å². The molecule has 1 aromatic rings. The molecule has 2 heterocycles. The molecule has 0 amide bonds. The first-order chi connectivity index (χ1) is 9.76. The van der Waals surface area contributed by atoms with Crippen molar-refractivity contribution in [3.8, 4) is 0 Å². The standard InChI is InChI=1S/C15H27N5/c1-4-7-13-14(16-2)17-12-18-15(13)19(3)10-11-20-8-5-6-9-20/h12H,4-11H2,1-3H3,(H,16,17,18). The summed E-state index contributed by atoms with van der Waals surface area (Å²) < 4.78 is 0. The lowest BCUT2D eigenvalue weighted by Crippen LogP contribution is -2.32. The minimum Gasteiger partial charge on any atom is -0.373 e. The molecular formula is C15H27N5. The van der Waals surface area contributed by atoms with Crippen LogP contribution in [0, 0.1) is 0 Å². The van der Waals surface area contributed by atoms with Gasteiger partial charge in [0.15, 0.2) is 0 Å². The van der Waals surface area contributed by atoms with Gasteiger partial charge in [-0.25, -0.2) is 9.97 Å². The zero-order valence-corrected chi connectivity index (χ0v) is 13.0. The third-order valence-electron chi connectivity index (χ3n) is 3.97. The first kappa shape index (κ1) is 15.0. The third-order valence-corrected chi connectivity index (χ3v) is 3.97. The van der Waals surface area contributed by atoms with Crippen LogP contribution in [0.3, 0.4) is 0 Å². The SMILES string of the molecule is CCCc1c(NC)ncnc1N(C)CCN1CCCC1. The van der Waals surface area contributed by atoms with Crippen molar-refractivity contribution in [2.45, 2.75) is 32.6 Å². The Labute approximate surface area is 122 Å². The van der Waals surface area contributed by atoms with E-state index in [4.69, 9.17) is 0 Å². The summed E-state index contributed by atoms with van der Waals surface area (Å²) in [5.74, 6) is 2.04. The summed E-state index contributed by atoms with van der Waals surface area (Å²) in [4.78, 5) is 13.7. The van der Waals surface area contributed by atoms with Crippen LogP contribution in [0.5, 0.6) is 0 Å². The minimum absolute atomic E-state index is 0.963. The largest absolute Gasteiger partial charge is 0.373 e. The molecule has 20 heavy (non-hydrogen) atoms. The van der Waals surface area contributed by atoms with Crippen molar-refractivity contribution in [1.29, 1.82) is 0 Å². The van der Waals surface area contributed by atoms with E-state index < -0.39 is 0 Å². The summed E-state index contributed by atoms with van der Waals surface area (Å²) in [6, 6.07) is 0. The number of likely N-dealkylation sites (N-methyl/N-ethyl adjacent to an activating group) is 1. The van der Waals surface area contributed by atoms with Crippen molar-refractivity contribution in [2.24, 2.45) is 0 Å². The van der Waals surface area contributed by atoms with Crippen molar-refractivity contribution < 1.29 is 0 Å². The van der Waals surface area contributed by atoms with E-state index in [1.807, 2.05) is 7.05 Å². The van der Waals surface area contributed by atoms with Crippen LogP contribution in [0.15, 0.2) is 6.33 Å². The molecule has 112 valence electrons. The molecule has 0 radical (unpaired) electrons. The van der Waals surface area contributed by atoms with Gasteiger partial charge < -0.3 is 15.1 Å². The molecule has 0 atom stereocenters. The number of aromatic nitrogens is 2. The van der Waals surface area contributed by atoms with Gasteiger partial charge in [0.1, 0.15) is 18.0 Å². The number of anilines is 2. The fourth-order valence-electron chi connectivity index (χ4n) is 2.83. The summed E-state index contributed by atoms with van der Waals surface area (Å²) in [5.41, 5.74) is 1.24. The molecule has 0 saturated carbocycles. The Morgan fingerprint density at radius 2 is 2.05 bits per heavy atom. The highest BCUT2D eigenvalue weighted by atomic mass is 15.2. The van der Waals surface area contributed by atoms with Gasteiger partial charge in [0.2, 0.25) is 0 Å². The summed E-state index contributed by atoms with van der Waals surface area (Å²) in [5, 5.41) is 3.18. The zero-order chi connectivity index (χ0) is 14.4. The average Bonchev–Trinajstić information content (AvgIpc) is 2.98. The number of nitrogens with zero attached hydrogens (tertiary/aromatic N) is 4. The van der Waals surface area contributed by atoms with Gasteiger partial charge in [-0.05, 0) is 32.4 Å². The van der Waals surface area contributed by atoms with Crippen LogP contribution in [-0.4, -0.2) is 55.1 Å². The van der Waals surface area contributed by atoms with E-state index >= 15 is 0 Å². The molecule has 2 rings (SSSR count). The van der Waals surface area contributed by atoms with Crippen molar-refractivity contribution in [1.82, 2.24) is 14.9 Å². The highest BCUT2D eigenvalue weighted by Crippen LogP contribution is 2.23. The van der Waals surface area contributed by atoms with Crippen LogP contribution in [0.1, 0.15) is 31.7 Å². The zero-order valence-electron chi connectivity index (χ0n) is 13.0. The Bertz CT molecular complexity index is 415. The molecule has 1 fully saturated rings. The first-order valence-corrected chi connectivity index (χ1v) is 7.71. The van der Waals surface area contributed by atoms with Gasteiger partial charge in [0.25, 0.3) is 0 Å². The highest BCUT2D eigenvalue weighted by Gasteiger charge is 2.16. The maximum Gasteiger partial charge on any atom is 0.137 e. The van der Waals surface area contributed by atoms with Crippen molar-refractivity contribution >= 4 is 11.6 Å². The fraction of sp³-hybridized carbons (Fsp3) is 0.733. The van der Waals surface area contributed by atoms with E-state index in [9.17, 15) is 0 Å². The quantitative estimate of drug-likeness (QED) is 0.826. The molecule has 0 spiro atoms. The summed E-state index contributed by atoms with van der Waals surface area (Å²) >= 11 is 0. The van der Waals surface area contributed by atoms with Crippen molar-refractivity contribution in [3.63, 3.8) is 0 Å². The van der Waals surface area contributed by atoms with Gasteiger partial charge in [-0.15, -0.1) is 0 Å². The minimum atomic E-state index is 0.963. The van der Waals surface area contributed by atoms with E-state index in [0.29, 0.717) is 0 Å². The Balaban J connectivity index is 2.05. The lowest BCUT2D eigenvalue weighted by atomic mass is 10.1. The van der Waals surface area contributed by atoms with Crippen LogP contribution < -0.4 is 10.2 Å². The van der Waals surface area contributed by atoms with Gasteiger partial charge in [0.05, 0.1) is 0 Å². The smallest absolute Gasteiger partial charge is 0.137 e. The van der Waals surface area contributed by atoms with Crippen molar-refractivity contribution in [3.05, 3.63) is 11.9 Å². The normalized spacial score (nSPS) is 15.6. The van der Waals surface area contributed by atoms with Crippen LogP contribution >= 0.6 is 0 Å². The Hall–Kier alpha value is -1.36. The molecule has 1 aliphatic heterocycles. The Morgan fingerprint density at radius 3 is 2.70 bits per heavy atom. The van der Waals surface area contributed by atoms with Gasteiger partial charge in [-0.2, -0.15) is 0 Å². The molecule has 5 nitrogen and oxygen atoms in total. The lowest BCUT2D eigenvalue weighted by Gasteiger charge is -2.24. The average molecular weight is 277 g/mol. The van der Waals surface area contributed by atoms with Crippen LogP contribution in [0.25, 0.3) is 0 Å². The number of nitrogens with one attached hydrogen (secondary N) is 1. The lowest BCUT2D eigenvalue weighted by molar-refractivity contribution is 0.346. The summed E-state index contributed by atoms with van der Waals surface area (Å²) in [6.45, 7) is 6.85. The van der Waals surface area contributed by atoms with Crippen molar-refractivity contribution in [2.75, 3.05) is 50.5 Å². The third kappa shape index (κ3) is 3.60. The fourth-order valence-corrected chi connectivity index (χ4v) is 2.83. The summed E-state index contributed by atoms with van der Waals surface area (Å²) in [6.07, 6.45) is 6.48. The Morgan fingerprint density at radius 1 is 1.30 bits per heavy atom. The molecule has 1 N–H and O–H groups in total. The molecule has 1 aliphatic rings. The van der Waals surface area contributed by atoms with Crippen LogP contribution in [-0.2, 0) is 6.42 Å². The van der Waals surface area contributed by atoms with Gasteiger partial charge in [-0.3, -0.25) is 0 Å². The van der Waals surface area contributed by atoms with E-state index in [-0.39, 0.29) is 0 Å². The number of hydrogen-bond acceptors (Lipinski definition) is 5. The molecule has 1 aromatic heterocycles. The molecular weight excluding hydrogens is 250 g/mol. The second-order valence-electron chi connectivity index (χ2n) is 5.49. The maximum atomic E-state index is 4.51. The predicted octanol–water partition coefficient (Wildman–Crippen LogP) is 2.00. The number of likely N-dealkylation sites (tertiary alicyclic amines) is 1. The second kappa shape index (κ2) is 7.43. The Kier molecular flexibility index (Phi) is 5.59. The molecule has 0 unspecified atom stereocenters. The van der Waals surface area contributed by atoms with Gasteiger partial charge >= 0.3 is 0 Å². The van der Waals surface area contributed by atoms with E-state index in [2.05, 4.69) is 39.1 Å². The highest BCUT2D eigenvalue weighted by molar-refractivity contribution is 5.58. The van der Waals surface area contributed by atoms with E-state index in [1.54, 1.807) is 6.33 Å². The van der Waals surface area contributed by atoms with Gasteiger partial charge in [-0.1, -0.05) is 13.3 Å². The molecule has 5 heteroatoms.